The van der Waals surface area contributed by atoms with Gasteiger partial charge in [-0.05, 0) is 25.7 Å². The van der Waals surface area contributed by atoms with Crippen LogP contribution in [-0.4, -0.2) is 20.6 Å². The smallest absolute Gasteiger partial charge is 0.303 e. The second-order valence-electron chi connectivity index (χ2n) is 3.93. The van der Waals surface area contributed by atoms with Crippen LogP contribution in [0.1, 0.15) is 24.2 Å². The van der Waals surface area contributed by atoms with Gasteiger partial charge in [-0.15, -0.1) is 0 Å². The van der Waals surface area contributed by atoms with Crippen molar-refractivity contribution in [3.05, 3.63) is 17.7 Å². The average Bonchev–Trinajstić information content (AvgIpc) is 2.47. The van der Waals surface area contributed by atoms with Crippen LogP contribution in [0.25, 0.3) is 0 Å². The number of aliphatic carboxylic acids is 1. The molecule has 2 heterocycles. The molecule has 4 heteroatoms. The Morgan fingerprint density at radius 2 is 2.57 bits per heavy atom. The van der Waals surface area contributed by atoms with Crippen LogP contribution in [0.3, 0.4) is 0 Å². The zero-order chi connectivity index (χ0) is 10.1. The monoisotopic (exact) mass is 194 g/mol. The molecule has 2 rings (SSSR count). The number of nitrogens with zero attached hydrogens (tertiary/aromatic N) is 2. The van der Waals surface area contributed by atoms with Crippen LogP contribution < -0.4 is 0 Å². The Hall–Kier alpha value is -1.32. The molecule has 0 fully saturated rings. The number of hydrogen-bond acceptors (Lipinski definition) is 2. The molecule has 0 aliphatic carbocycles. The lowest BCUT2D eigenvalue weighted by atomic mass is 9.92. The normalized spacial score (nSPS) is 20.5. The Morgan fingerprint density at radius 1 is 1.79 bits per heavy atom. The van der Waals surface area contributed by atoms with Crippen LogP contribution in [0.2, 0.25) is 0 Å². The quantitative estimate of drug-likeness (QED) is 0.770. The first-order chi connectivity index (χ1) is 6.66. The Balaban J connectivity index is 2.12. The average molecular weight is 194 g/mol. The van der Waals surface area contributed by atoms with Crippen LogP contribution in [0, 0.1) is 12.8 Å². The van der Waals surface area contributed by atoms with Crippen LogP contribution in [0.15, 0.2) is 6.33 Å². The van der Waals surface area contributed by atoms with E-state index in [-0.39, 0.29) is 12.3 Å². The second-order valence-corrected chi connectivity index (χ2v) is 3.93. The van der Waals surface area contributed by atoms with Crippen LogP contribution in [0.4, 0.5) is 0 Å². The highest BCUT2D eigenvalue weighted by molar-refractivity contribution is 5.67. The fourth-order valence-electron chi connectivity index (χ4n) is 2.08. The molecular formula is C10H14N2O2. The third-order valence-electron chi connectivity index (χ3n) is 2.88. The number of rotatable bonds is 2. The zero-order valence-electron chi connectivity index (χ0n) is 8.23. The fraction of sp³-hybridized carbons (Fsp3) is 0.600. The third kappa shape index (κ3) is 1.64. The van der Waals surface area contributed by atoms with E-state index in [1.54, 1.807) is 0 Å². The molecule has 0 aromatic carbocycles. The predicted octanol–water partition coefficient (Wildman–Crippen LogP) is 1.23. The van der Waals surface area contributed by atoms with E-state index in [0.29, 0.717) is 0 Å². The number of imidazole rings is 1. The summed E-state index contributed by atoms with van der Waals surface area (Å²) in [5, 5.41) is 8.71. The van der Waals surface area contributed by atoms with E-state index >= 15 is 0 Å². The summed E-state index contributed by atoms with van der Waals surface area (Å²) in [5.74, 6) is -0.406. The van der Waals surface area contributed by atoms with Crippen molar-refractivity contribution >= 4 is 5.97 Å². The Labute approximate surface area is 82.6 Å². The minimum absolute atomic E-state index is 0.282. The van der Waals surface area contributed by atoms with Gasteiger partial charge in [0.2, 0.25) is 0 Å². The van der Waals surface area contributed by atoms with Crippen molar-refractivity contribution in [2.45, 2.75) is 32.7 Å². The highest BCUT2D eigenvalue weighted by atomic mass is 16.4. The Bertz CT molecular complexity index is 357. The van der Waals surface area contributed by atoms with Crippen molar-refractivity contribution in [2.24, 2.45) is 5.92 Å². The molecule has 0 radical (unpaired) electrons. The maximum Gasteiger partial charge on any atom is 0.303 e. The van der Waals surface area contributed by atoms with Crippen molar-refractivity contribution in [1.82, 2.24) is 9.55 Å². The van der Waals surface area contributed by atoms with Crippen LogP contribution in [0.5, 0.6) is 0 Å². The summed E-state index contributed by atoms with van der Waals surface area (Å²) in [5.41, 5.74) is 2.25. The fourth-order valence-corrected chi connectivity index (χ4v) is 2.08. The maximum absolute atomic E-state index is 10.6. The minimum Gasteiger partial charge on any atom is -0.481 e. The molecule has 0 bridgehead atoms. The summed E-state index contributed by atoms with van der Waals surface area (Å²) in [6.45, 7) is 2.89. The van der Waals surface area contributed by atoms with Gasteiger partial charge in [0.1, 0.15) is 0 Å². The lowest BCUT2D eigenvalue weighted by Crippen LogP contribution is -2.21. The second kappa shape index (κ2) is 3.44. The molecule has 1 atom stereocenters. The highest BCUT2D eigenvalue weighted by Gasteiger charge is 2.22. The van der Waals surface area contributed by atoms with E-state index in [0.717, 1.165) is 25.1 Å². The van der Waals surface area contributed by atoms with Crippen molar-refractivity contribution in [3.63, 3.8) is 0 Å². The molecule has 4 nitrogen and oxygen atoms in total. The summed E-state index contributed by atoms with van der Waals surface area (Å²) in [6.07, 6.45) is 3.94. The highest BCUT2D eigenvalue weighted by Crippen LogP contribution is 2.24. The Morgan fingerprint density at radius 3 is 3.29 bits per heavy atom. The number of carboxylic acid groups (broad SMARTS) is 1. The van der Waals surface area contributed by atoms with Gasteiger partial charge in [0.15, 0.2) is 0 Å². The van der Waals surface area contributed by atoms with Gasteiger partial charge in [-0.25, -0.2) is 4.98 Å². The first-order valence-corrected chi connectivity index (χ1v) is 4.89. The number of aryl methyl sites for hydroxylation is 2. The molecule has 0 saturated carbocycles. The molecule has 76 valence electrons. The van der Waals surface area contributed by atoms with E-state index < -0.39 is 5.97 Å². The van der Waals surface area contributed by atoms with Gasteiger partial charge >= 0.3 is 5.97 Å². The summed E-state index contributed by atoms with van der Waals surface area (Å²) >= 11 is 0. The number of carboxylic acids is 1. The lowest BCUT2D eigenvalue weighted by molar-refractivity contribution is -0.138. The van der Waals surface area contributed by atoms with Crippen molar-refractivity contribution < 1.29 is 9.90 Å². The molecule has 14 heavy (non-hydrogen) atoms. The summed E-state index contributed by atoms with van der Waals surface area (Å²) in [6, 6.07) is 0. The molecule has 0 spiro atoms. The summed E-state index contributed by atoms with van der Waals surface area (Å²) in [4.78, 5) is 14.8. The van der Waals surface area contributed by atoms with E-state index in [4.69, 9.17) is 5.11 Å². The SMILES string of the molecule is Cc1ncn2c1CC(CC(=O)O)CC2. The molecular weight excluding hydrogens is 180 g/mol. The van der Waals surface area contributed by atoms with Gasteiger partial charge < -0.3 is 9.67 Å². The van der Waals surface area contributed by atoms with E-state index in [1.807, 2.05) is 13.3 Å². The topological polar surface area (TPSA) is 55.1 Å². The van der Waals surface area contributed by atoms with Gasteiger partial charge in [0, 0.05) is 18.7 Å². The van der Waals surface area contributed by atoms with Crippen molar-refractivity contribution in [1.29, 1.82) is 0 Å². The van der Waals surface area contributed by atoms with Crippen LogP contribution in [-0.2, 0) is 17.8 Å². The lowest BCUT2D eigenvalue weighted by Gasteiger charge is -2.22. The summed E-state index contributed by atoms with van der Waals surface area (Å²) < 4.78 is 2.13. The van der Waals surface area contributed by atoms with E-state index in [9.17, 15) is 4.79 Å². The number of aromatic nitrogens is 2. The van der Waals surface area contributed by atoms with Crippen LogP contribution >= 0.6 is 0 Å². The van der Waals surface area contributed by atoms with Crippen molar-refractivity contribution in [3.8, 4) is 0 Å². The Kier molecular flexibility index (Phi) is 2.27. The molecule has 1 unspecified atom stereocenters. The first kappa shape index (κ1) is 9.24. The maximum atomic E-state index is 10.6. The van der Waals surface area contributed by atoms with E-state index in [1.165, 1.54) is 5.69 Å². The van der Waals surface area contributed by atoms with Gasteiger partial charge in [-0.1, -0.05) is 0 Å². The molecule has 1 aromatic rings. The molecule has 1 aliphatic rings. The first-order valence-electron chi connectivity index (χ1n) is 4.89. The molecule has 1 aliphatic heterocycles. The molecule has 1 aromatic heterocycles. The largest absolute Gasteiger partial charge is 0.481 e. The predicted molar refractivity (Wildman–Crippen MR) is 51.0 cm³/mol. The van der Waals surface area contributed by atoms with E-state index in [2.05, 4.69) is 9.55 Å². The summed E-state index contributed by atoms with van der Waals surface area (Å²) in [7, 11) is 0. The van der Waals surface area contributed by atoms with Crippen molar-refractivity contribution in [2.75, 3.05) is 0 Å². The standard InChI is InChI=1S/C10H14N2O2/c1-7-9-4-8(5-10(13)14)2-3-12(9)6-11-7/h6,8H,2-5H2,1H3,(H,13,14). The van der Waals surface area contributed by atoms with Gasteiger partial charge in [-0.2, -0.15) is 0 Å². The van der Waals surface area contributed by atoms with Gasteiger partial charge in [0.25, 0.3) is 0 Å². The molecule has 1 N–H and O–H groups in total. The molecule has 0 saturated heterocycles. The zero-order valence-corrected chi connectivity index (χ0v) is 8.23. The minimum atomic E-state index is -0.694. The number of fused-ring (bicyclic) bond motifs is 1. The van der Waals surface area contributed by atoms with Gasteiger partial charge in [0.05, 0.1) is 12.0 Å². The number of carbonyl (C=O) groups is 1. The third-order valence-corrected chi connectivity index (χ3v) is 2.88. The van der Waals surface area contributed by atoms with Gasteiger partial charge in [-0.3, -0.25) is 4.79 Å². The molecule has 0 amide bonds. The number of hydrogen-bond donors (Lipinski definition) is 1.